The van der Waals surface area contributed by atoms with Crippen LogP contribution in [0, 0.1) is 0 Å². The standard InChI is InChI=1S/C11H8N3S/c15-11(10-3-1-2-6-13-10)14-9-4-7-12-8-5-9/h1-8H. The van der Waals surface area contributed by atoms with Gasteiger partial charge >= 0.3 is 0 Å². The minimum absolute atomic E-state index is 0.488. The first-order chi connectivity index (χ1) is 7.36. The number of thiocarbonyl (C=S) groups is 1. The molecule has 1 radical (unpaired) electrons. The molecule has 2 aromatic heterocycles. The molecule has 0 bridgehead atoms. The van der Waals surface area contributed by atoms with Crippen molar-refractivity contribution in [2.24, 2.45) is 0 Å². The van der Waals surface area contributed by atoms with Crippen molar-refractivity contribution < 1.29 is 0 Å². The van der Waals surface area contributed by atoms with Gasteiger partial charge < -0.3 is 0 Å². The summed E-state index contributed by atoms with van der Waals surface area (Å²) in [5.41, 5.74) is 1.50. The molecule has 4 heteroatoms. The Labute approximate surface area is 93.2 Å². The third kappa shape index (κ3) is 2.57. The highest BCUT2D eigenvalue weighted by Gasteiger charge is 2.03. The Hall–Kier alpha value is -1.81. The Morgan fingerprint density at radius 3 is 2.53 bits per heavy atom. The second kappa shape index (κ2) is 4.61. The van der Waals surface area contributed by atoms with Crippen LogP contribution in [0.5, 0.6) is 0 Å². The monoisotopic (exact) mass is 214 g/mol. The molecular formula is C11H8N3S. The average molecular weight is 214 g/mol. The zero-order valence-electron chi connectivity index (χ0n) is 7.87. The molecule has 0 aliphatic rings. The summed E-state index contributed by atoms with van der Waals surface area (Å²) in [6.07, 6.45) is 5.06. The Balaban J connectivity index is 2.12. The lowest BCUT2D eigenvalue weighted by atomic mass is 10.3. The first-order valence-electron chi connectivity index (χ1n) is 4.43. The molecule has 0 unspecified atom stereocenters. The van der Waals surface area contributed by atoms with E-state index in [0.717, 1.165) is 5.69 Å². The smallest absolute Gasteiger partial charge is 0.152 e. The number of pyridine rings is 2. The van der Waals surface area contributed by atoms with Crippen molar-refractivity contribution in [2.45, 2.75) is 0 Å². The maximum Gasteiger partial charge on any atom is 0.152 e. The second-order valence-corrected chi connectivity index (χ2v) is 3.22. The molecule has 0 aromatic carbocycles. The van der Waals surface area contributed by atoms with E-state index >= 15 is 0 Å². The van der Waals surface area contributed by atoms with Gasteiger partial charge in [-0.05, 0) is 24.3 Å². The zero-order valence-corrected chi connectivity index (χ0v) is 8.69. The lowest BCUT2D eigenvalue weighted by molar-refractivity contribution is 1.20. The van der Waals surface area contributed by atoms with E-state index in [-0.39, 0.29) is 0 Å². The van der Waals surface area contributed by atoms with E-state index in [0.29, 0.717) is 10.7 Å². The van der Waals surface area contributed by atoms with Crippen LogP contribution in [0.1, 0.15) is 5.69 Å². The molecule has 0 aliphatic heterocycles. The third-order valence-corrected chi connectivity index (χ3v) is 2.08. The van der Waals surface area contributed by atoms with Crippen LogP contribution < -0.4 is 5.32 Å². The van der Waals surface area contributed by atoms with E-state index in [1.54, 1.807) is 30.7 Å². The molecule has 2 heterocycles. The largest absolute Gasteiger partial charge is 0.265 e. The normalized spacial score (nSPS) is 9.60. The molecule has 2 aromatic rings. The predicted molar refractivity (Wildman–Crippen MR) is 62.0 cm³/mol. The highest BCUT2D eigenvalue weighted by atomic mass is 32.1. The number of hydrogen-bond acceptors (Lipinski definition) is 3. The van der Waals surface area contributed by atoms with Gasteiger partial charge in [0.1, 0.15) is 0 Å². The Morgan fingerprint density at radius 2 is 1.87 bits per heavy atom. The minimum atomic E-state index is 0.488. The van der Waals surface area contributed by atoms with Crippen molar-refractivity contribution >= 4 is 22.9 Å². The zero-order chi connectivity index (χ0) is 10.5. The van der Waals surface area contributed by atoms with Crippen LogP contribution in [-0.4, -0.2) is 15.0 Å². The summed E-state index contributed by atoms with van der Waals surface area (Å²) < 4.78 is 0. The topological polar surface area (TPSA) is 39.9 Å². The SMILES string of the molecule is S=C([N]c1ccncc1)c1ccccn1. The maximum atomic E-state index is 5.15. The van der Waals surface area contributed by atoms with E-state index in [1.165, 1.54) is 0 Å². The van der Waals surface area contributed by atoms with Crippen LogP contribution >= 0.6 is 12.2 Å². The average Bonchev–Trinajstić information content (AvgIpc) is 2.31. The van der Waals surface area contributed by atoms with Gasteiger partial charge in [-0.15, -0.1) is 0 Å². The molecule has 0 amide bonds. The Kier molecular flexibility index (Phi) is 2.99. The fraction of sp³-hybridized carbons (Fsp3) is 0. The van der Waals surface area contributed by atoms with Gasteiger partial charge in [0.15, 0.2) is 4.99 Å². The third-order valence-electron chi connectivity index (χ3n) is 1.78. The predicted octanol–water partition coefficient (Wildman–Crippen LogP) is 2.09. The molecule has 15 heavy (non-hydrogen) atoms. The van der Waals surface area contributed by atoms with E-state index in [4.69, 9.17) is 12.2 Å². The molecule has 0 N–H and O–H groups in total. The summed E-state index contributed by atoms with van der Waals surface area (Å²) in [4.78, 5) is 8.52. The van der Waals surface area contributed by atoms with Gasteiger partial charge in [0, 0.05) is 18.6 Å². The number of nitrogens with zero attached hydrogens (tertiary/aromatic N) is 3. The molecule has 0 saturated carbocycles. The molecule has 3 nitrogen and oxygen atoms in total. The molecule has 73 valence electrons. The van der Waals surface area contributed by atoms with Gasteiger partial charge in [-0.3, -0.25) is 9.97 Å². The highest BCUT2D eigenvalue weighted by molar-refractivity contribution is 7.80. The summed E-state index contributed by atoms with van der Waals surface area (Å²) in [5, 5.41) is 4.26. The number of aromatic nitrogens is 2. The molecule has 0 aliphatic carbocycles. The summed E-state index contributed by atoms with van der Waals surface area (Å²) in [6.45, 7) is 0. The van der Waals surface area contributed by atoms with E-state index in [1.807, 2.05) is 18.2 Å². The van der Waals surface area contributed by atoms with Crippen LogP contribution in [0.25, 0.3) is 0 Å². The molecular weight excluding hydrogens is 206 g/mol. The van der Waals surface area contributed by atoms with Gasteiger partial charge in [0.2, 0.25) is 0 Å². The van der Waals surface area contributed by atoms with Crippen molar-refractivity contribution in [2.75, 3.05) is 0 Å². The van der Waals surface area contributed by atoms with Gasteiger partial charge in [-0.2, -0.15) is 0 Å². The number of rotatable bonds is 2. The first kappa shape index (κ1) is 9.73. The van der Waals surface area contributed by atoms with Crippen molar-refractivity contribution in [3.05, 3.63) is 54.6 Å². The highest BCUT2D eigenvalue weighted by Crippen LogP contribution is 2.06. The molecule has 0 fully saturated rings. The number of hydrogen-bond donors (Lipinski definition) is 0. The fourth-order valence-corrected chi connectivity index (χ4v) is 1.31. The van der Waals surface area contributed by atoms with Crippen molar-refractivity contribution in [1.29, 1.82) is 0 Å². The van der Waals surface area contributed by atoms with E-state index in [2.05, 4.69) is 15.3 Å². The van der Waals surface area contributed by atoms with E-state index in [9.17, 15) is 0 Å². The molecule has 0 saturated heterocycles. The van der Waals surface area contributed by atoms with Crippen molar-refractivity contribution in [3.63, 3.8) is 0 Å². The lowest BCUT2D eigenvalue weighted by Crippen LogP contribution is -2.10. The van der Waals surface area contributed by atoms with Gasteiger partial charge in [0.25, 0.3) is 0 Å². The van der Waals surface area contributed by atoms with Crippen LogP contribution in [0.3, 0.4) is 0 Å². The van der Waals surface area contributed by atoms with Gasteiger partial charge in [-0.1, -0.05) is 18.3 Å². The maximum absolute atomic E-state index is 5.15. The van der Waals surface area contributed by atoms with Gasteiger partial charge in [-0.25, -0.2) is 5.32 Å². The fourth-order valence-electron chi connectivity index (χ4n) is 1.08. The Morgan fingerprint density at radius 1 is 1.07 bits per heavy atom. The summed E-state index contributed by atoms with van der Waals surface area (Å²) in [7, 11) is 0. The van der Waals surface area contributed by atoms with Crippen LogP contribution in [0.4, 0.5) is 5.69 Å². The van der Waals surface area contributed by atoms with E-state index < -0.39 is 0 Å². The summed E-state index contributed by atoms with van der Waals surface area (Å²) in [6, 6.07) is 9.17. The summed E-state index contributed by atoms with van der Waals surface area (Å²) in [5.74, 6) is 0. The summed E-state index contributed by atoms with van der Waals surface area (Å²) >= 11 is 5.15. The molecule has 2 rings (SSSR count). The van der Waals surface area contributed by atoms with Crippen molar-refractivity contribution in [1.82, 2.24) is 15.3 Å². The minimum Gasteiger partial charge on any atom is -0.265 e. The first-order valence-corrected chi connectivity index (χ1v) is 4.84. The van der Waals surface area contributed by atoms with Crippen LogP contribution in [-0.2, 0) is 0 Å². The second-order valence-electron chi connectivity index (χ2n) is 2.84. The van der Waals surface area contributed by atoms with Gasteiger partial charge in [0.05, 0.1) is 11.4 Å². The lowest BCUT2D eigenvalue weighted by Gasteiger charge is -2.02. The van der Waals surface area contributed by atoms with Crippen molar-refractivity contribution in [3.8, 4) is 0 Å². The molecule has 0 spiro atoms. The van der Waals surface area contributed by atoms with Crippen LogP contribution in [0.15, 0.2) is 48.9 Å². The molecule has 0 atom stereocenters. The Bertz CT molecular complexity index is 442. The van der Waals surface area contributed by atoms with Crippen LogP contribution in [0.2, 0.25) is 0 Å². The quantitative estimate of drug-likeness (QED) is 0.719.